The first-order chi connectivity index (χ1) is 11.9. The van der Waals surface area contributed by atoms with Gasteiger partial charge >= 0.3 is 0 Å². The van der Waals surface area contributed by atoms with Crippen LogP contribution in [0, 0.1) is 5.41 Å². The Labute approximate surface area is 156 Å². The molecule has 0 heterocycles. The van der Waals surface area contributed by atoms with Gasteiger partial charge in [-0.05, 0) is 12.3 Å². The maximum Gasteiger partial charge on any atom is 0.250 e. The van der Waals surface area contributed by atoms with Gasteiger partial charge in [0.05, 0.1) is 18.9 Å². The molecule has 0 rings (SSSR count). The SMILES string of the molecule is C=C(CNCC(NC(C)=O)(C(N)=O)/C(C)=N/C=C\NC)OCC(C)(C)C. The lowest BCUT2D eigenvalue weighted by Gasteiger charge is -2.31. The van der Waals surface area contributed by atoms with Crippen LogP contribution in [0.25, 0.3) is 0 Å². The third-order valence-electron chi connectivity index (χ3n) is 3.36. The van der Waals surface area contributed by atoms with Crippen LogP contribution >= 0.6 is 0 Å². The number of hydrogen-bond donors (Lipinski definition) is 4. The van der Waals surface area contributed by atoms with E-state index in [9.17, 15) is 9.59 Å². The van der Waals surface area contributed by atoms with Crippen molar-refractivity contribution in [3.8, 4) is 0 Å². The topological polar surface area (TPSA) is 118 Å². The van der Waals surface area contributed by atoms with Gasteiger partial charge in [-0.25, -0.2) is 0 Å². The number of nitrogens with zero attached hydrogens (tertiary/aromatic N) is 1. The summed E-state index contributed by atoms with van der Waals surface area (Å²) >= 11 is 0. The molecule has 0 saturated carbocycles. The van der Waals surface area contributed by atoms with E-state index in [1.54, 1.807) is 20.2 Å². The molecule has 148 valence electrons. The smallest absolute Gasteiger partial charge is 0.250 e. The van der Waals surface area contributed by atoms with Crippen molar-refractivity contribution in [2.45, 2.75) is 40.2 Å². The molecular weight excluding hydrogens is 334 g/mol. The fraction of sp³-hybridized carbons (Fsp3) is 0.611. The summed E-state index contributed by atoms with van der Waals surface area (Å²) in [7, 11) is 1.72. The number of hydrogen-bond acceptors (Lipinski definition) is 6. The van der Waals surface area contributed by atoms with Gasteiger partial charge in [-0.15, -0.1) is 0 Å². The summed E-state index contributed by atoms with van der Waals surface area (Å²) in [6, 6.07) is 0. The zero-order valence-electron chi connectivity index (χ0n) is 16.7. The lowest BCUT2D eigenvalue weighted by Crippen LogP contribution is -2.66. The summed E-state index contributed by atoms with van der Waals surface area (Å²) in [6.45, 7) is 13.9. The zero-order valence-corrected chi connectivity index (χ0v) is 16.7. The van der Waals surface area contributed by atoms with E-state index in [1.807, 2.05) is 0 Å². The highest BCUT2D eigenvalue weighted by Gasteiger charge is 2.40. The number of rotatable bonds is 11. The van der Waals surface area contributed by atoms with Crippen molar-refractivity contribution >= 4 is 17.5 Å². The molecule has 0 saturated heterocycles. The average Bonchev–Trinajstić information content (AvgIpc) is 2.50. The van der Waals surface area contributed by atoms with E-state index in [-0.39, 0.29) is 17.9 Å². The molecule has 0 aromatic rings. The maximum absolute atomic E-state index is 12.2. The van der Waals surface area contributed by atoms with Gasteiger partial charge in [-0.3, -0.25) is 14.6 Å². The van der Waals surface area contributed by atoms with Crippen molar-refractivity contribution in [1.82, 2.24) is 16.0 Å². The third-order valence-corrected chi connectivity index (χ3v) is 3.36. The molecule has 5 N–H and O–H groups in total. The predicted molar refractivity (Wildman–Crippen MR) is 104 cm³/mol. The van der Waals surface area contributed by atoms with Crippen molar-refractivity contribution in [1.29, 1.82) is 0 Å². The molecule has 26 heavy (non-hydrogen) atoms. The van der Waals surface area contributed by atoms with Crippen LogP contribution in [0.5, 0.6) is 0 Å². The molecular formula is C18H33N5O3. The fourth-order valence-corrected chi connectivity index (χ4v) is 1.98. The Bertz CT molecular complexity index is 564. The Morgan fingerprint density at radius 1 is 1.27 bits per heavy atom. The number of carbonyl (C=O) groups is 2. The number of aliphatic imine (C=N–C) groups is 1. The first kappa shape index (κ1) is 23.6. The Balaban J connectivity index is 5.16. The van der Waals surface area contributed by atoms with Gasteiger partial charge in [0.25, 0.3) is 0 Å². The zero-order chi connectivity index (χ0) is 20.4. The third kappa shape index (κ3) is 8.66. The highest BCUT2D eigenvalue weighted by atomic mass is 16.5. The number of ether oxygens (including phenoxy) is 1. The summed E-state index contributed by atoms with van der Waals surface area (Å²) < 4.78 is 5.59. The highest BCUT2D eigenvalue weighted by Crippen LogP contribution is 2.14. The molecule has 0 aliphatic carbocycles. The van der Waals surface area contributed by atoms with E-state index >= 15 is 0 Å². The fourth-order valence-electron chi connectivity index (χ4n) is 1.98. The predicted octanol–water partition coefficient (Wildman–Crippen LogP) is 0.664. The summed E-state index contributed by atoms with van der Waals surface area (Å²) in [5.74, 6) is -0.563. The second kappa shape index (κ2) is 10.6. The van der Waals surface area contributed by atoms with Gasteiger partial charge in [-0.2, -0.15) is 0 Å². The summed E-state index contributed by atoms with van der Waals surface area (Å²) in [6.07, 6.45) is 3.08. The van der Waals surface area contributed by atoms with Gasteiger partial charge in [0, 0.05) is 32.9 Å². The molecule has 0 radical (unpaired) electrons. The van der Waals surface area contributed by atoms with Crippen molar-refractivity contribution < 1.29 is 14.3 Å². The Morgan fingerprint density at radius 2 is 1.88 bits per heavy atom. The number of nitrogens with one attached hydrogen (secondary N) is 3. The summed E-state index contributed by atoms with van der Waals surface area (Å²) in [4.78, 5) is 28.0. The Morgan fingerprint density at radius 3 is 2.35 bits per heavy atom. The monoisotopic (exact) mass is 367 g/mol. The van der Waals surface area contributed by atoms with Crippen LogP contribution < -0.4 is 21.7 Å². The number of nitrogens with two attached hydrogens (primary N) is 1. The molecule has 2 amide bonds. The standard InChI is InChI=1S/C18H33N5O3/c1-13(26-12-17(4,5)6)10-21-11-18(16(19)25,23-15(3)24)14(2)22-9-8-20-7/h8-9,20-21H,1,10-12H2,2-7H3,(H2,19,25)(H,23,24)/b9-8-,22-14+. The number of amides is 2. The minimum Gasteiger partial charge on any atom is -0.497 e. The number of primary amides is 1. The lowest BCUT2D eigenvalue weighted by molar-refractivity contribution is -0.128. The van der Waals surface area contributed by atoms with E-state index in [4.69, 9.17) is 10.5 Å². The minimum absolute atomic E-state index is 0.0129. The van der Waals surface area contributed by atoms with Gasteiger partial charge in [0.1, 0.15) is 5.76 Å². The first-order valence-electron chi connectivity index (χ1n) is 8.41. The molecule has 1 atom stereocenters. The molecule has 8 nitrogen and oxygen atoms in total. The van der Waals surface area contributed by atoms with E-state index in [0.29, 0.717) is 24.6 Å². The van der Waals surface area contributed by atoms with Crippen molar-refractivity contribution in [2.75, 3.05) is 26.7 Å². The lowest BCUT2D eigenvalue weighted by atomic mass is 9.92. The molecule has 0 aliphatic rings. The van der Waals surface area contributed by atoms with E-state index in [2.05, 4.69) is 48.3 Å². The second-order valence-corrected chi connectivity index (χ2v) is 7.26. The Kier molecular flexibility index (Phi) is 9.64. The Hall–Kier alpha value is -2.35. The van der Waals surface area contributed by atoms with Crippen LogP contribution in [0.15, 0.2) is 29.7 Å². The molecule has 0 aliphatic heterocycles. The normalized spacial score (nSPS) is 14.6. The van der Waals surface area contributed by atoms with Gasteiger partial charge in [-0.1, -0.05) is 27.4 Å². The maximum atomic E-state index is 12.2. The highest BCUT2D eigenvalue weighted by molar-refractivity contribution is 6.14. The van der Waals surface area contributed by atoms with E-state index < -0.39 is 11.4 Å². The van der Waals surface area contributed by atoms with E-state index in [0.717, 1.165) is 0 Å². The van der Waals surface area contributed by atoms with Gasteiger partial charge < -0.3 is 26.4 Å². The van der Waals surface area contributed by atoms with Crippen LogP contribution in [0.1, 0.15) is 34.6 Å². The second-order valence-electron chi connectivity index (χ2n) is 7.26. The first-order valence-corrected chi connectivity index (χ1v) is 8.41. The summed E-state index contributed by atoms with van der Waals surface area (Å²) in [5.41, 5.74) is 4.51. The van der Waals surface area contributed by atoms with Crippen molar-refractivity contribution in [3.63, 3.8) is 0 Å². The van der Waals surface area contributed by atoms with Crippen LogP contribution in [-0.2, 0) is 14.3 Å². The minimum atomic E-state index is -1.45. The largest absolute Gasteiger partial charge is 0.497 e. The molecule has 0 bridgehead atoms. The van der Waals surface area contributed by atoms with Crippen LogP contribution in [0.2, 0.25) is 0 Å². The molecule has 0 aromatic heterocycles. The van der Waals surface area contributed by atoms with Crippen molar-refractivity contribution in [3.05, 3.63) is 24.7 Å². The summed E-state index contributed by atoms with van der Waals surface area (Å²) in [5, 5.41) is 8.47. The molecule has 1 unspecified atom stereocenters. The average molecular weight is 367 g/mol. The van der Waals surface area contributed by atoms with Crippen molar-refractivity contribution in [2.24, 2.45) is 16.1 Å². The van der Waals surface area contributed by atoms with Crippen LogP contribution in [-0.4, -0.2) is 49.8 Å². The quantitative estimate of drug-likeness (QED) is 0.316. The van der Waals surface area contributed by atoms with Gasteiger partial charge in [0.15, 0.2) is 5.54 Å². The molecule has 0 spiro atoms. The van der Waals surface area contributed by atoms with Crippen LogP contribution in [0.4, 0.5) is 0 Å². The van der Waals surface area contributed by atoms with E-state index in [1.165, 1.54) is 13.1 Å². The molecule has 0 fully saturated rings. The molecule has 8 heteroatoms. The van der Waals surface area contributed by atoms with Gasteiger partial charge in [0.2, 0.25) is 11.8 Å². The number of carbonyl (C=O) groups excluding carboxylic acids is 2. The van der Waals surface area contributed by atoms with Crippen LogP contribution in [0.3, 0.4) is 0 Å². The molecule has 0 aromatic carbocycles.